The van der Waals surface area contributed by atoms with Crippen LogP contribution < -0.4 is 4.90 Å². The molecule has 0 aliphatic carbocycles. The fourth-order valence-corrected chi connectivity index (χ4v) is 5.07. The topological polar surface area (TPSA) is 20.3 Å². The Labute approximate surface area is 187 Å². The van der Waals surface area contributed by atoms with Gasteiger partial charge in [0.05, 0.1) is 5.69 Å². The van der Waals surface area contributed by atoms with E-state index in [-0.39, 0.29) is 5.91 Å². The van der Waals surface area contributed by atoms with Gasteiger partial charge in [0.1, 0.15) is 0 Å². The summed E-state index contributed by atoms with van der Waals surface area (Å²) in [4.78, 5) is 17.5. The zero-order valence-corrected chi connectivity index (χ0v) is 18.7. The second-order valence-corrected chi connectivity index (χ2v) is 9.59. The molecule has 0 bridgehead atoms. The van der Waals surface area contributed by atoms with Crippen molar-refractivity contribution >= 4 is 34.1 Å². The van der Waals surface area contributed by atoms with Crippen LogP contribution in [0.4, 0.5) is 5.69 Å². The highest BCUT2D eigenvalue weighted by Gasteiger charge is 2.30. The van der Waals surface area contributed by atoms with E-state index in [1.807, 2.05) is 23.1 Å². The Morgan fingerprint density at radius 3 is 2.26 bits per heavy atom. The standard InChI is InChI=1S/C28H25NOS/c1-19(2)17-18-29-26-16-15-23(24-9-6-10-25(27(24)26)28(29)30)20-11-13-22(14-12-20)31-21-7-4-3-5-8-21/h3-16,19H,17-18H2,1-2H3. The minimum absolute atomic E-state index is 0.132. The fraction of sp³-hybridized carbons (Fsp3) is 0.179. The van der Waals surface area contributed by atoms with Gasteiger partial charge < -0.3 is 4.90 Å². The third-order valence-electron chi connectivity index (χ3n) is 5.86. The van der Waals surface area contributed by atoms with Gasteiger partial charge in [0.2, 0.25) is 0 Å². The van der Waals surface area contributed by atoms with Crippen LogP contribution in [0.1, 0.15) is 30.6 Å². The lowest BCUT2D eigenvalue weighted by molar-refractivity contribution is 0.0992. The second-order valence-electron chi connectivity index (χ2n) is 8.44. The Hall–Kier alpha value is -3.04. The molecular formula is C28H25NOS. The summed E-state index contributed by atoms with van der Waals surface area (Å²) in [6.45, 7) is 5.17. The van der Waals surface area contributed by atoms with Gasteiger partial charge >= 0.3 is 0 Å². The van der Waals surface area contributed by atoms with E-state index in [0.717, 1.165) is 35.0 Å². The molecule has 5 rings (SSSR count). The largest absolute Gasteiger partial charge is 0.308 e. The predicted octanol–water partition coefficient (Wildman–Crippen LogP) is 7.66. The molecule has 0 radical (unpaired) electrons. The first-order chi connectivity index (χ1) is 15.1. The number of anilines is 1. The van der Waals surface area contributed by atoms with E-state index in [0.29, 0.717) is 5.92 Å². The van der Waals surface area contributed by atoms with Crippen LogP contribution in [0.2, 0.25) is 0 Å². The quantitative estimate of drug-likeness (QED) is 0.317. The van der Waals surface area contributed by atoms with Crippen molar-refractivity contribution in [3.8, 4) is 11.1 Å². The molecule has 1 heterocycles. The van der Waals surface area contributed by atoms with Crippen molar-refractivity contribution in [1.82, 2.24) is 0 Å². The van der Waals surface area contributed by atoms with Crippen molar-refractivity contribution in [3.63, 3.8) is 0 Å². The molecule has 31 heavy (non-hydrogen) atoms. The van der Waals surface area contributed by atoms with Gasteiger partial charge in [-0.25, -0.2) is 0 Å². The van der Waals surface area contributed by atoms with Crippen LogP contribution in [0.25, 0.3) is 21.9 Å². The molecule has 0 saturated heterocycles. The van der Waals surface area contributed by atoms with Crippen molar-refractivity contribution < 1.29 is 4.79 Å². The Kier molecular flexibility index (Phi) is 5.29. The SMILES string of the molecule is CC(C)CCN1C(=O)c2cccc3c(-c4ccc(Sc5ccccc5)cc4)ccc1c23. The number of carbonyl (C=O) groups is 1. The van der Waals surface area contributed by atoms with E-state index in [1.165, 1.54) is 20.9 Å². The third kappa shape index (κ3) is 3.75. The Morgan fingerprint density at radius 2 is 1.52 bits per heavy atom. The van der Waals surface area contributed by atoms with Crippen LogP contribution in [0.5, 0.6) is 0 Å². The number of benzene rings is 4. The maximum atomic E-state index is 13.1. The van der Waals surface area contributed by atoms with Crippen molar-refractivity contribution in [2.45, 2.75) is 30.1 Å². The lowest BCUT2D eigenvalue weighted by Crippen LogP contribution is -2.28. The maximum Gasteiger partial charge on any atom is 0.258 e. The van der Waals surface area contributed by atoms with Gasteiger partial charge in [-0.3, -0.25) is 4.79 Å². The highest BCUT2D eigenvalue weighted by molar-refractivity contribution is 7.99. The van der Waals surface area contributed by atoms with Crippen LogP contribution in [0.3, 0.4) is 0 Å². The first-order valence-corrected chi connectivity index (χ1v) is 11.6. The normalized spacial score (nSPS) is 12.9. The summed E-state index contributed by atoms with van der Waals surface area (Å²) >= 11 is 1.77. The molecular weight excluding hydrogens is 398 g/mol. The number of nitrogens with zero attached hydrogens (tertiary/aromatic N) is 1. The molecule has 0 fully saturated rings. The number of hydrogen-bond donors (Lipinski definition) is 0. The van der Waals surface area contributed by atoms with E-state index in [1.54, 1.807) is 11.8 Å². The van der Waals surface area contributed by atoms with E-state index in [2.05, 4.69) is 80.6 Å². The van der Waals surface area contributed by atoms with E-state index < -0.39 is 0 Å². The molecule has 1 aliphatic heterocycles. The summed E-state index contributed by atoms with van der Waals surface area (Å²) in [6.07, 6.45) is 1.00. The zero-order valence-electron chi connectivity index (χ0n) is 17.8. The number of rotatable bonds is 6. The van der Waals surface area contributed by atoms with Crippen LogP contribution in [0, 0.1) is 5.92 Å². The van der Waals surface area contributed by atoms with Gasteiger partial charge in [0.15, 0.2) is 0 Å². The van der Waals surface area contributed by atoms with Crippen LogP contribution in [0.15, 0.2) is 94.7 Å². The molecule has 0 atom stereocenters. The van der Waals surface area contributed by atoms with Crippen molar-refractivity contribution in [3.05, 3.63) is 90.5 Å². The minimum atomic E-state index is 0.132. The van der Waals surface area contributed by atoms with Crippen molar-refractivity contribution in [1.29, 1.82) is 0 Å². The lowest BCUT2D eigenvalue weighted by atomic mass is 9.96. The Morgan fingerprint density at radius 1 is 0.774 bits per heavy atom. The predicted molar refractivity (Wildman–Crippen MR) is 131 cm³/mol. The summed E-state index contributed by atoms with van der Waals surface area (Å²) in [5, 5.41) is 2.25. The van der Waals surface area contributed by atoms with Gasteiger partial charge in [-0.15, -0.1) is 0 Å². The number of amides is 1. The summed E-state index contributed by atoms with van der Waals surface area (Å²) < 4.78 is 0. The third-order valence-corrected chi connectivity index (χ3v) is 6.88. The van der Waals surface area contributed by atoms with Crippen molar-refractivity contribution in [2.75, 3.05) is 11.4 Å². The van der Waals surface area contributed by atoms with Crippen LogP contribution in [-0.4, -0.2) is 12.5 Å². The van der Waals surface area contributed by atoms with Gasteiger partial charge in [0, 0.05) is 27.3 Å². The first kappa shape index (κ1) is 19.9. The molecule has 3 heteroatoms. The van der Waals surface area contributed by atoms with Gasteiger partial charge in [-0.1, -0.05) is 74.1 Å². The number of carbonyl (C=O) groups excluding carboxylic acids is 1. The minimum Gasteiger partial charge on any atom is -0.308 e. The average Bonchev–Trinajstić information content (AvgIpc) is 3.07. The van der Waals surface area contributed by atoms with Crippen molar-refractivity contribution in [2.24, 2.45) is 5.92 Å². The van der Waals surface area contributed by atoms with Gasteiger partial charge in [0.25, 0.3) is 5.91 Å². The molecule has 4 aromatic carbocycles. The van der Waals surface area contributed by atoms with Gasteiger partial charge in [-0.05, 0) is 65.3 Å². The lowest BCUT2D eigenvalue weighted by Gasteiger charge is -2.19. The van der Waals surface area contributed by atoms with E-state index in [9.17, 15) is 4.79 Å². The van der Waals surface area contributed by atoms with Crippen LogP contribution >= 0.6 is 11.8 Å². The second kappa shape index (κ2) is 8.24. The van der Waals surface area contributed by atoms with Gasteiger partial charge in [-0.2, -0.15) is 0 Å². The Bertz CT molecular complexity index is 1250. The summed E-state index contributed by atoms with van der Waals surface area (Å²) in [5.74, 6) is 0.701. The maximum absolute atomic E-state index is 13.1. The molecule has 4 aromatic rings. The molecule has 1 aliphatic rings. The van der Waals surface area contributed by atoms with E-state index in [4.69, 9.17) is 0 Å². The molecule has 0 saturated carbocycles. The monoisotopic (exact) mass is 423 g/mol. The molecule has 0 spiro atoms. The highest BCUT2D eigenvalue weighted by Crippen LogP contribution is 2.42. The molecule has 0 aromatic heterocycles. The Balaban J connectivity index is 1.50. The fourth-order valence-electron chi connectivity index (χ4n) is 4.23. The number of hydrogen-bond acceptors (Lipinski definition) is 2. The summed E-state index contributed by atoms with van der Waals surface area (Å²) in [6, 6.07) is 29.6. The smallest absolute Gasteiger partial charge is 0.258 e. The highest BCUT2D eigenvalue weighted by atomic mass is 32.2. The van der Waals surface area contributed by atoms with E-state index >= 15 is 0 Å². The average molecular weight is 424 g/mol. The zero-order chi connectivity index (χ0) is 21.4. The first-order valence-electron chi connectivity index (χ1n) is 10.8. The molecule has 0 N–H and O–H groups in total. The molecule has 0 unspecified atom stereocenters. The van der Waals surface area contributed by atoms with Crippen LogP contribution in [-0.2, 0) is 0 Å². The molecule has 1 amide bonds. The summed E-state index contributed by atoms with van der Waals surface area (Å²) in [5.41, 5.74) is 4.23. The summed E-state index contributed by atoms with van der Waals surface area (Å²) in [7, 11) is 0. The molecule has 2 nitrogen and oxygen atoms in total. The molecule has 154 valence electrons.